The van der Waals surface area contributed by atoms with E-state index in [0.29, 0.717) is 12.3 Å². The van der Waals surface area contributed by atoms with Gasteiger partial charge in [0.2, 0.25) is 5.91 Å². The molecular formula is C26H29NO3. The van der Waals surface area contributed by atoms with Crippen molar-refractivity contribution in [2.24, 2.45) is 17.3 Å². The van der Waals surface area contributed by atoms with E-state index < -0.39 is 11.9 Å². The molecule has 1 fully saturated rings. The molecule has 1 heterocycles. The molecule has 30 heavy (non-hydrogen) atoms. The molecule has 0 aromatic heterocycles. The van der Waals surface area contributed by atoms with Gasteiger partial charge in [0, 0.05) is 11.1 Å². The van der Waals surface area contributed by atoms with Crippen molar-refractivity contribution in [1.82, 2.24) is 4.90 Å². The van der Waals surface area contributed by atoms with Crippen molar-refractivity contribution in [3.05, 3.63) is 77.5 Å². The lowest BCUT2D eigenvalue weighted by Crippen LogP contribution is -2.56. The number of carbonyl (C=O) groups is 2. The van der Waals surface area contributed by atoms with Crippen LogP contribution in [0, 0.1) is 17.3 Å². The van der Waals surface area contributed by atoms with Crippen LogP contribution in [0.15, 0.2) is 71.9 Å². The normalized spacial score (nSPS) is 26.4. The van der Waals surface area contributed by atoms with Crippen LogP contribution >= 0.6 is 0 Å². The highest BCUT2D eigenvalue weighted by Gasteiger charge is 2.55. The molecule has 4 nitrogen and oxygen atoms in total. The molecule has 0 radical (unpaired) electrons. The minimum atomic E-state index is -0.812. The number of para-hydroxylation sites is 1. The second-order valence-electron chi connectivity index (χ2n) is 8.81. The third-order valence-electron chi connectivity index (χ3n) is 6.90. The molecule has 2 aromatic rings. The van der Waals surface area contributed by atoms with Crippen molar-refractivity contribution in [2.45, 2.75) is 46.6 Å². The molecule has 1 aliphatic heterocycles. The summed E-state index contributed by atoms with van der Waals surface area (Å²) in [5.74, 6) is -1.07. The largest absolute Gasteiger partial charge is 0.426 e. The lowest BCUT2D eigenvalue weighted by Gasteiger charge is -2.52. The van der Waals surface area contributed by atoms with Crippen molar-refractivity contribution < 1.29 is 14.3 Å². The zero-order valence-electron chi connectivity index (χ0n) is 17.9. The number of nitrogens with zero attached hydrogens (tertiary/aromatic N) is 1. The van der Waals surface area contributed by atoms with Crippen molar-refractivity contribution in [3.8, 4) is 5.75 Å². The number of piperidine rings is 1. The number of hydrogen-bond donors (Lipinski definition) is 0. The quantitative estimate of drug-likeness (QED) is 0.393. The molecule has 156 valence electrons. The highest BCUT2D eigenvalue weighted by molar-refractivity contribution is 6.00. The van der Waals surface area contributed by atoms with Gasteiger partial charge >= 0.3 is 5.97 Å². The molecule has 0 unspecified atom stereocenters. The molecule has 4 rings (SSSR count). The summed E-state index contributed by atoms with van der Waals surface area (Å²) in [6.45, 7) is 6.85. The first-order valence-corrected chi connectivity index (χ1v) is 10.7. The summed E-state index contributed by atoms with van der Waals surface area (Å²) < 4.78 is 5.64. The number of allylic oxidation sites excluding steroid dienone is 2. The maximum absolute atomic E-state index is 13.7. The van der Waals surface area contributed by atoms with Crippen LogP contribution in [0.25, 0.3) is 0 Å². The van der Waals surface area contributed by atoms with Crippen LogP contribution in [0.5, 0.6) is 5.75 Å². The molecular weight excluding hydrogens is 374 g/mol. The number of rotatable bonds is 4. The number of likely N-dealkylation sites (tertiary alicyclic amines) is 1. The van der Waals surface area contributed by atoms with Crippen LogP contribution < -0.4 is 4.74 Å². The van der Waals surface area contributed by atoms with Gasteiger partial charge in [0.1, 0.15) is 11.7 Å². The molecule has 0 N–H and O–H groups in total. The van der Waals surface area contributed by atoms with Gasteiger partial charge in [0.05, 0.1) is 6.54 Å². The SMILES string of the molecule is CC1=C2N(Cc3ccccc3)C(=O)[C@@H](C(=O)Oc3ccccc3)[C@@H](C)[C@]2(C)CCC1. The molecule has 1 amide bonds. The number of fused-ring (bicyclic) bond motifs is 1. The van der Waals surface area contributed by atoms with Crippen molar-refractivity contribution in [2.75, 3.05) is 0 Å². The van der Waals surface area contributed by atoms with E-state index in [1.165, 1.54) is 5.57 Å². The Balaban J connectivity index is 1.72. The van der Waals surface area contributed by atoms with E-state index in [-0.39, 0.29) is 17.2 Å². The Morgan fingerprint density at radius 2 is 1.73 bits per heavy atom. The van der Waals surface area contributed by atoms with Crippen LogP contribution in [0.2, 0.25) is 0 Å². The standard InChI is InChI=1S/C26H29NO3/c1-18-11-10-16-26(3)19(2)22(25(29)30-21-14-8-5-9-15-21)24(28)27(23(18)26)17-20-12-6-4-7-13-20/h4-9,12-15,19,22H,10-11,16-17H2,1-3H3/t19-,22+,26+/m1/s1. The van der Waals surface area contributed by atoms with E-state index in [9.17, 15) is 9.59 Å². The van der Waals surface area contributed by atoms with Gasteiger partial charge in [0.25, 0.3) is 0 Å². The minimum absolute atomic E-state index is 0.126. The maximum Gasteiger partial charge on any atom is 0.324 e. The average molecular weight is 404 g/mol. The molecule has 2 aliphatic rings. The van der Waals surface area contributed by atoms with Gasteiger partial charge in [-0.3, -0.25) is 9.59 Å². The first kappa shape index (κ1) is 20.4. The van der Waals surface area contributed by atoms with Crippen LogP contribution in [0.4, 0.5) is 0 Å². The lowest BCUT2D eigenvalue weighted by molar-refractivity contribution is -0.158. The van der Waals surface area contributed by atoms with Crippen LogP contribution in [-0.4, -0.2) is 16.8 Å². The Morgan fingerprint density at radius 1 is 1.10 bits per heavy atom. The summed E-state index contributed by atoms with van der Waals surface area (Å²) in [6.07, 6.45) is 3.04. The Labute approximate surface area is 178 Å². The van der Waals surface area contributed by atoms with Gasteiger partial charge in [-0.05, 0) is 49.8 Å². The number of amides is 1. The fourth-order valence-electron chi connectivity index (χ4n) is 5.18. The average Bonchev–Trinajstić information content (AvgIpc) is 2.73. The number of esters is 1. The Kier molecular flexibility index (Phi) is 5.50. The van der Waals surface area contributed by atoms with E-state index in [2.05, 4.69) is 13.8 Å². The lowest BCUT2D eigenvalue weighted by atomic mass is 9.60. The second kappa shape index (κ2) is 8.10. The molecule has 0 bridgehead atoms. The molecule has 3 atom stereocenters. The summed E-state index contributed by atoms with van der Waals surface area (Å²) in [6, 6.07) is 19.0. The predicted molar refractivity (Wildman–Crippen MR) is 116 cm³/mol. The molecule has 4 heteroatoms. The summed E-state index contributed by atoms with van der Waals surface area (Å²) in [5, 5.41) is 0. The molecule has 0 saturated carbocycles. The van der Waals surface area contributed by atoms with Crippen LogP contribution in [0.1, 0.15) is 45.6 Å². The van der Waals surface area contributed by atoms with Crippen LogP contribution in [0.3, 0.4) is 0 Å². The number of carbonyl (C=O) groups excluding carboxylic acids is 2. The smallest absolute Gasteiger partial charge is 0.324 e. The molecule has 1 aliphatic carbocycles. The third-order valence-corrected chi connectivity index (χ3v) is 6.90. The van der Waals surface area contributed by atoms with Crippen LogP contribution in [-0.2, 0) is 16.1 Å². The van der Waals surface area contributed by atoms with Crippen molar-refractivity contribution in [3.63, 3.8) is 0 Å². The summed E-state index contributed by atoms with van der Waals surface area (Å²) in [7, 11) is 0. The van der Waals surface area contributed by atoms with Gasteiger partial charge in [-0.2, -0.15) is 0 Å². The maximum atomic E-state index is 13.7. The van der Waals surface area contributed by atoms with E-state index in [1.807, 2.05) is 60.4 Å². The number of ether oxygens (including phenoxy) is 1. The molecule has 2 aromatic carbocycles. The predicted octanol–water partition coefficient (Wildman–Crippen LogP) is 5.35. The summed E-state index contributed by atoms with van der Waals surface area (Å²) in [4.78, 5) is 28.8. The number of benzene rings is 2. The van der Waals surface area contributed by atoms with E-state index in [1.54, 1.807) is 12.1 Å². The van der Waals surface area contributed by atoms with Gasteiger partial charge < -0.3 is 9.64 Å². The third kappa shape index (κ3) is 3.55. The topological polar surface area (TPSA) is 46.6 Å². The fraction of sp³-hybridized carbons (Fsp3) is 0.385. The first-order valence-electron chi connectivity index (χ1n) is 10.7. The van der Waals surface area contributed by atoms with Crippen molar-refractivity contribution in [1.29, 1.82) is 0 Å². The van der Waals surface area contributed by atoms with E-state index in [4.69, 9.17) is 4.74 Å². The zero-order chi connectivity index (χ0) is 21.3. The Hall–Kier alpha value is -2.88. The Bertz CT molecular complexity index is 966. The molecule has 0 spiro atoms. The zero-order valence-corrected chi connectivity index (χ0v) is 17.9. The van der Waals surface area contributed by atoms with Crippen molar-refractivity contribution >= 4 is 11.9 Å². The summed E-state index contributed by atoms with van der Waals surface area (Å²) in [5.41, 5.74) is 3.20. The van der Waals surface area contributed by atoms with Gasteiger partial charge in [-0.15, -0.1) is 0 Å². The monoisotopic (exact) mass is 403 g/mol. The number of hydrogen-bond acceptors (Lipinski definition) is 3. The molecule has 1 saturated heterocycles. The van der Waals surface area contributed by atoms with Gasteiger partial charge in [-0.25, -0.2) is 0 Å². The highest BCUT2D eigenvalue weighted by atomic mass is 16.5. The van der Waals surface area contributed by atoms with Gasteiger partial charge in [0.15, 0.2) is 0 Å². The van der Waals surface area contributed by atoms with Gasteiger partial charge in [-0.1, -0.05) is 68.0 Å². The second-order valence-corrected chi connectivity index (χ2v) is 8.81. The Morgan fingerprint density at radius 3 is 2.40 bits per heavy atom. The summed E-state index contributed by atoms with van der Waals surface area (Å²) >= 11 is 0. The first-order chi connectivity index (χ1) is 14.4. The minimum Gasteiger partial charge on any atom is -0.426 e. The fourth-order valence-corrected chi connectivity index (χ4v) is 5.18. The highest BCUT2D eigenvalue weighted by Crippen LogP contribution is 2.54. The van der Waals surface area contributed by atoms with E-state index in [0.717, 1.165) is 30.5 Å². The van der Waals surface area contributed by atoms with E-state index >= 15 is 0 Å².